The fraction of sp³-hybridized carbons (Fsp3) is 0.357. The molecule has 0 saturated carbocycles. The number of methoxy groups -OCH3 is 1. The largest absolute Gasteiger partial charge is 0.479 e. The summed E-state index contributed by atoms with van der Waals surface area (Å²) in [5.74, 6) is -1.13. The van der Waals surface area contributed by atoms with Gasteiger partial charge in [-0.3, -0.25) is 0 Å². The number of ether oxygens (including phenoxy) is 3. The molecule has 1 aliphatic rings. The molecule has 1 fully saturated rings. The van der Waals surface area contributed by atoms with Gasteiger partial charge in [0.25, 0.3) is 0 Å². The summed E-state index contributed by atoms with van der Waals surface area (Å²) in [5.41, 5.74) is 2.13. The van der Waals surface area contributed by atoms with E-state index in [4.69, 9.17) is 37.4 Å². The zero-order valence-corrected chi connectivity index (χ0v) is 27.6. The Kier molecular flexibility index (Phi) is 11.2. The number of esters is 2. The Morgan fingerprint density at radius 2 is 1.86 bits per heavy atom. The molecule has 226 valence electrons. The van der Waals surface area contributed by atoms with E-state index in [1.54, 1.807) is 25.1 Å². The minimum absolute atomic E-state index is 0.0577. The van der Waals surface area contributed by atoms with Crippen molar-refractivity contribution in [3.63, 3.8) is 0 Å². The van der Waals surface area contributed by atoms with E-state index in [9.17, 15) is 18.0 Å². The number of hydrogen-bond donors (Lipinski definition) is 1. The van der Waals surface area contributed by atoms with Crippen LogP contribution >= 0.6 is 50.5 Å². The van der Waals surface area contributed by atoms with Gasteiger partial charge >= 0.3 is 11.9 Å². The van der Waals surface area contributed by atoms with Crippen LogP contribution in [0.15, 0.2) is 46.9 Å². The Morgan fingerprint density at radius 3 is 2.55 bits per heavy atom. The lowest BCUT2D eigenvalue weighted by Gasteiger charge is -2.32. The summed E-state index contributed by atoms with van der Waals surface area (Å²) in [4.78, 5) is 25.2. The smallest absolute Gasteiger partial charge is 0.351 e. The van der Waals surface area contributed by atoms with E-state index in [-0.39, 0.29) is 40.7 Å². The lowest BCUT2D eigenvalue weighted by Crippen LogP contribution is -2.42. The van der Waals surface area contributed by atoms with Crippen molar-refractivity contribution in [2.45, 2.75) is 31.6 Å². The summed E-state index contributed by atoms with van der Waals surface area (Å²) in [5, 5.41) is 4.09. The van der Waals surface area contributed by atoms with Crippen molar-refractivity contribution in [1.82, 2.24) is 4.31 Å². The van der Waals surface area contributed by atoms with Crippen molar-refractivity contribution < 1.29 is 32.2 Å². The number of hydrogen-bond acceptors (Lipinski definition) is 9. The minimum atomic E-state index is -3.56. The average Bonchev–Trinajstić information content (AvgIpc) is 3.30. The molecular formula is C28H29BrCl2N2O7S2. The Hall–Kier alpha value is -2.35. The van der Waals surface area contributed by atoms with E-state index in [1.807, 2.05) is 24.3 Å². The first-order chi connectivity index (χ1) is 20.0. The number of nitrogens with one attached hydrogen (secondary N) is 1. The predicted molar refractivity (Wildman–Crippen MR) is 168 cm³/mol. The van der Waals surface area contributed by atoms with Gasteiger partial charge in [-0.2, -0.15) is 0 Å². The SMILES string of the molecule is CCOC(=O)COc1c(C(=O)OC)sc(-c2cccc(NC3CCN(S(=O)(=O)Cc4cccc(Cl)c4Cl)CC3)c2)c1Br. The van der Waals surface area contributed by atoms with Gasteiger partial charge in [0.05, 0.1) is 38.9 Å². The number of anilines is 1. The van der Waals surface area contributed by atoms with Crippen LogP contribution in [0.1, 0.15) is 35.0 Å². The molecule has 1 N–H and O–H groups in total. The number of rotatable bonds is 11. The first-order valence-corrected chi connectivity index (χ1v) is 17.0. The van der Waals surface area contributed by atoms with Crippen molar-refractivity contribution in [1.29, 1.82) is 0 Å². The maximum absolute atomic E-state index is 13.1. The third-order valence-corrected chi connectivity index (χ3v) is 11.4. The van der Waals surface area contributed by atoms with Gasteiger partial charge in [0.2, 0.25) is 10.0 Å². The van der Waals surface area contributed by atoms with Crippen LogP contribution in [-0.2, 0) is 30.0 Å². The molecule has 1 saturated heterocycles. The van der Waals surface area contributed by atoms with Crippen LogP contribution in [0.3, 0.4) is 0 Å². The predicted octanol–water partition coefficient (Wildman–Crippen LogP) is 6.62. The second-order valence-corrected chi connectivity index (χ2v) is 13.9. The van der Waals surface area contributed by atoms with Gasteiger partial charge < -0.3 is 19.5 Å². The van der Waals surface area contributed by atoms with Crippen LogP contribution in [-0.4, -0.2) is 64.1 Å². The Bertz CT molecular complexity index is 1560. The second kappa shape index (κ2) is 14.4. The number of thiophene rings is 1. The molecule has 0 unspecified atom stereocenters. The summed E-state index contributed by atoms with van der Waals surface area (Å²) >= 11 is 17.0. The van der Waals surface area contributed by atoms with E-state index < -0.39 is 22.0 Å². The standard InChI is InChI=1S/C28H29BrCl2N2O7S2/c1-3-39-22(34)15-40-25-23(29)26(41-27(25)28(35)38-2)17-6-4-8-20(14-17)32-19-10-12-33(13-11-19)42(36,37)16-18-7-5-9-21(30)24(18)31/h4-9,14,19,32H,3,10-13,15-16H2,1-2H3. The normalized spacial score (nSPS) is 14.4. The van der Waals surface area contributed by atoms with Gasteiger partial charge in [0, 0.05) is 24.8 Å². The summed E-state index contributed by atoms with van der Waals surface area (Å²) in [7, 11) is -2.29. The second-order valence-electron chi connectivity index (χ2n) is 9.36. The monoisotopic (exact) mass is 718 g/mol. The fourth-order valence-corrected chi connectivity index (χ4v) is 8.50. The van der Waals surface area contributed by atoms with Crippen LogP contribution in [0, 0.1) is 0 Å². The van der Waals surface area contributed by atoms with E-state index in [2.05, 4.69) is 21.2 Å². The molecule has 1 aromatic heterocycles. The van der Waals surface area contributed by atoms with Crippen LogP contribution < -0.4 is 10.1 Å². The highest BCUT2D eigenvalue weighted by Gasteiger charge is 2.29. The lowest BCUT2D eigenvalue weighted by atomic mass is 10.1. The highest BCUT2D eigenvalue weighted by Crippen LogP contribution is 2.46. The molecule has 3 aromatic rings. The fourth-order valence-electron chi connectivity index (χ4n) is 4.48. The van der Waals surface area contributed by atoms with E-state index in [0.717, 1.165) is 16.1 Å². The Morgan fingerprint density at radius 1 is 1.14 bits per heavy atom. The van der Waals surface area contributed by atoms with Crippen LogP contribution in [0.5, 0.6) is 5.75 Å². The summed E-state index contributed by atoms with van der Waals surface area (Å²) in [6, 6.07) is 12.7. The summed E-state index contributed by atoms with van der Waals surface area (Å²) in [6.07, 6.45) is 1.24. The van der Waals surface area contributed by atoms with E-state index in [1.165, 1.54) is 22.8 Å². The maximum Gasteiger partial charge on any atom is 0.351 e. The zero-order chi connectivity index (χ0) is 30.4. The lowest BCUT2D eigenvalue weighted by molar-refractivity contribution is -0.145. The third kappa shape index (κ3) is 7.78. The van der Waals surface area contributed by atoms with Gasteiger partial charge in [-0.25, -0.2) is 22.3 Å². The van der Waals surface area contributed by atoms with Crippen LogP contribution in [0.4, 0.5) is 5.69 Å². The minimum Gasteiger partial charge on any atom is -0.479 e. The quantitative estimate of drug-likeness (QED) is 0.220. The number of sulfonamides is 1. The molecule has 1 aliphatic heterocycles. The van der Waals surface area contributed by atoms with Crippen LogP contribution in [0.25, 0.3) is 10.4 Å². The molecule has 0 aliphatic carbocycles. The van der Waals surface area contributed by atoms with Crippen molar-refractivity contribution >= 4 is 78.1 Å². The van der Waals surface area contributed by atoms with Gasteiger partial charge in [-0.05, 0) is 65.0 Å². The molecule has 0 amide bonds. The molecule has 0 radical (unpaired) electrons. The van der Waals surface area contributed by atoms with Gasteiger partial charge in [-0.1, -0.05) is 47.5 Å². The molecule has 2 aromatic carbocycles. The topological polar surface area (TPSA) is 111 Å². The molecule has 0 spiro atoms. The summed E-state index contributed by atoms with van der Waals surface area (Å²) < 4.78 is 43.6. The number of nitrogens with zero attached hydrogens (tertiary/aromatic N) is 1. The zero-order valence-electron chi connectivity index (χ0n) is 22.8. The van der Waals surface area contributed by atoms with E-state index >= 15 is 0 Å². The number of benzene rings is 2. The van der Waals surface area contributed by atoms with Gasteiger partial charge in [0.15, 0.2) is 17.2 Å². The molecule has 2 heterocycles. The van der Waals surface area contributed by atoms with Crippen molar-refractivity contribution in [3.05, 3.63) is 67.4 Å². The van der Waals surface area contributed by atoms with E-state index in [0.29, 0.717) is 41.0 Å². The van der Waals surface area contributed by atoms with Gasteiger partial charge in [0.1, 0.15) is 0 Å². The maximum atomic E-state index is 13.1. The third-order valence-electron chi connectivity index (χ3n) is 6.53. The number of carbonyl (C=O) groups is 2. The van der Waals surface area contributed by atoms with Crippen molar-refractivity contribution in [2.24, 2.45) is 0 Å². The first-order valence-electron chi connectivity index (χ1n) is 13.0. The Labute approximate surface area is 267 Å². The number of carbonyl (C=O) groups excluding carboxylic acids is 2. The van der Waals surface area contributed by atoms with Crippen LogP contribution in [0.2, 0.25) is 10.0 Å². The number of piperidine rings is 1. The molecule has 0 bridgehead atoms. The van der Waals surface area contributed by atoms with Crippen molar-refractivity contribution in [2.75, 3.05) is 38.7 Å². The highest BCUT2D eigenvalue weighted by molar-refractivity contribution is 9.10. The van der Waals surface area contributed by atoms with Crippen molar-refractivity contribution in [3.8, 4) is 16.2 Å². The molecular weight excluding hydrogens is 691 g/mol. The molecule has 9 nitrogen and oxygen atoms in total. The molecule has 14 heteroatoms. The molecule has 0 atom stereocenters. The molecule has 4 rings (SSSR count). The average molecular weight is 720 g/mol. The number of halogens is 3. The highest BCUT2D eigenvalue weighted by atomic mass is 79.9. The Balaban J connectivity index is 1.44. The summed E-state index contributed by atoms with van der Waals surface area (Å²) in [6.45, 7) is 2.31. The molecule has 42 heavy (non-hydrogen) atoms. The first kappa shape index (κ1) is 32.6. The van der Waals surface area contributed by atoms with Gasteiger partial charge in [-0.15, -0.1) is 11.3 Å².